The van der Waals surface area contributed by atoms with Gasteiger partial charge in [-0.3, -0.25) is 9.48 Å². The first kappa shape index (κ1) is 24.0. The van der Waals surface area contributed by atoms with Gasteiger partial charge in [0, 0.05) is 26.3 Å². The Morgan fingerprint density at radius 1 is 1.03 bits per heavy atom. The van der Waals surface area contributed by atoms with E-state index >= 15 is 0 Å². The molecule has 1 aromatic heterocycles. The van der Waals surface area contributed by atoms with Crippen molar-refractivity contribution in [1.82, 2.24) is 20.4 Å². The van der Waals surface area contributed by atoms with Crippen molar-refractivity contribution in [3.05, 3.63) is 77.6 Å². The number of aliphatic carboxylic acids is 1. The number of nitrogens with zero attached hydrogens (tertiary/aromatic N) is 2. The lowest BCUT2D eigenvalue weighted by Crippen LogP contribution is -2.51. The van der Waals surface area contributed by atoms with E-state index in [-0.39, 0.29) is 24.8 Å². The van der Waals surface area contributed by atoms with Crippen LogP contribution >= 0.6 is 0 Å². The number of fused-ring (bicyclic) bond motifs is 3. The van der Waals surface area contributed by atoms with Crippen LogP contribution in [0.4, 0.5) is 4.79 Å². The van der Waals surface area contributed by atoms with E-state index in [0.717, 1.165) is 22.3 Å². The third-order valence-electron chi connectivity index (χ3n) is 5.97. The SMILES string of the molecule is COC[C@H](NC(=O)OCC1c2ccccc2-c2ccccc21)C(=O)NC(C(=O)O)c1ccnn1C. The van der Waals surface area contributed by atoms with Crippen molar-refractivity contribution in [2.24, 2.45) is 7.05 Å². The number of rotatable bonds is 9. The molecule has 0 fully saturated rings. The number of amides is 2. The summed E-state index contributed by atoms with van der Waals surface area (Å²) in [5, 5.41) is 18.4. The summed E-state index contributed by atoms with van der Waals surface area (Å²) in [5.41, 5.74) is 4.61. The van der Waals surface area contributed by atoms with Crippen LogP contribution < -0.4 is 10.6 Å². The number of alkyl carbamates (subject to hydrolysis) is 1. The maximum atomic E-state index is 12.8. The first-order valence-corrected chi connectivity index (χ1v) is 11.0. The Kier molecular flexibility index (Phi) is 7.11. The van der Waals surface area contributed by atoms with Crippen LogP contribution in [0.1, 0.15) is 28.8 Å². The van der Waals surface area contributed by atoms with Crippen molar-refractivity contribution in [2.75, 3.05) is 20.3 Å². The van der Waals surface area contributed by atoms with Crippen molar-refractivity contribution in [2.45, 2.75) is 18.0 Å². The molecule has 0 saturated heterocycles. The molecule has 182 valence electrons. The molecule has 2 aromatic carbocycles. The molecule has 1 aliphatic carbocycles. The van der Waals surface area contributed by atoms with E-state index in [1.165, 1.54) is 24.1 Å². The molecule has 2 atom stereocenters. The van der Waals surface area contributed by atoms with Crippen LogP contribution in [0.5, 0.6) is 0 Å². The molecule has 1 unspecified atom stereocenters. The minimum atomic E-state index is -1.35. The number of carbonyl (C=O) groups excluding carboxylic acids is 2. The van der Waals surface area contributed by atoms with Gasteiger partial charge in [0.15, 0.2) is 6.04 Å². The molecule has 1 heterocycles. The van der Waals surface area contributed by atoms with E-state index in [2.05, 4.69) is 15.7 Å². The molecule has 10 nitrogen and oxygen atoms in total. The normalized spacial score (nSPS) is 13.9. The van der Waals surface area contributed by atoms with E-state index in [1.54, 1.807) is 7.05 Å². The Morgan fingerprint density at radius 3 is 2.20 bits per heavy atom. The summed E-state index contributed by atoms with van der Waals surface area (Å²) >= 11 is 0. The second kappa shape index (κ2) is 10.4. The number of carboxylic acids is 1. The van der Waals surface area contributed by atoms with Crippen molar-refractivity contribution < 1.29 is 29.0 Å². The number of hydrogen-bond donors (Lipinski definition) is 3. The third kappa shape index (κ3) is 5.02. The Morgan fingerprint density at radius 2 is 1.66 bits per heavy atom. The number of carboxylic acid groups (broad SMARTS) is 1. The summed E-state index contributed by atoms with van der Waals surface area (Å²) in [6.45, 7) is -0.0955. The smallest absolute Gasteiger partial charge is 0.407 e. The van der Waals surface area contributed by atoms with Crippen molar-refractivity contribution in [1.29, 1.82) is 0 Å². The zero-order chi connectivity index (χ0) is 24.9. The zero-order valence-corrected chi connectivity index (χ0v) is 19.3. The Hall–Kier alpha value is -4.18. The highest BCUT2D eigenvalue weighted by molar-refractivity contribution is 5.89. The molecule has 35 heavy (non-hydrogen) atoms. The molecular weight excluding hydrogens is 452 g/mol. The third-order valence-corrected chi connectivity index (χ3v) is 5.97. The van der Waals surface area contributed by atoms with Gasteiger partial charge < -0.3 is 25.2 Å². The fraction of sp³-hybridized carbons (Fsp3) is 0.280. The highest BCUT2D eigenvalue weighted by Crippen LogP contribution is 2.44. The lowest BCUT2D eigenvalue weighted by molar-refractivity contribution is -0.142. The summed E-state index contributed by atoms with van der Waals surface area (Å²) < 4.78 is 11.9. The molecule has 2 amide bonds. The van der Waals surface area contributed by atoms with Crippen LogP contribution in [0.2, 0.25) is 0 Å². The van der Waals surface area contributed by atoms with E-state index in [9.17, 15) is 19.5 Å². The fourth-order valence-corrected chi connectivity index (χ4v) is 4.30. The summed E-state index contributed by atoms with van der Waals surface area (Å²) in [6.07, 6.45) is 0.621. The minimum Gasteiger partial charge on any atom is -0.479 e. The number of ether oxygens (including phenoxy) is 2. The monoisotopic (exact) mass is 478 g/mol. The zero-order valence-electron chi connectivity index (χ0n) is 19.3. The fourth-order valence-electron chi connectivity index (χ4n) is 4.30. The maximum Gasteiger partial charge on any atom is 0.407 e. The van der Waals surface area contributed by atoms with Gasteiger partial charge in [0.05, 0.1) is 12.3 Å². The summed E-state index contributed by atoms with van der Waals surface area (Å²) in [4.78, 5) is 37.2. The van der Waals surface area contributed by atoms with E-state index in [0.29, 0.717) is 0 Å². The van der Waals surface area contributed by atoms with Crippen molar-refractivity contribution >= 4 is 18.0 Å². The van der Waals surface area contributed by atoms with Gasteiger partial charge in [0.1, 0.15) is 12.6 Å². The molecule has 0 radical (unpaired) electrons. The number of nitrogens with one attached hydrogen (secondary N) is 2. The van der Waals surface area contributed by atoms with Crippen LogP contribution in [0.15, 0.2) is 60.8 Å². The lowest BCUT2D eigenvalue weighted by atomic mass is 9.98. The highest BCUT2D eigenvalue weighted by atomic mass is 16.5. The minimum absolute atomic E-state index is 0.0773. The maximum absolute atomic E-state index is 12.8. The number of aromatic nitrogens is 2. The van der Waals surface area contributed by atoms with Crippen LogP contribution in [-0.4, -0.2) is 59.2 Å². The molecule has 3 N–H and O–H groups in total. The highest BCUT2D eigenvalue weighted by Gasteiger charge is 2.31. The molecule has 3 aromatic rings. The number of aryl methyl sites for hydroxylation is 1. The molecule has 0 aliphatic heterocycles. The summed E-state index contributed by atoms with van der Waals surface area (Å²) in [5.74, 6) is -2.13. The second-order valence-corrected chi connectivity index (χ2v) is 8.14. The Bertz CT molecular complexity index is 1190. The Balaban J connectivity index is 1.42. The van der Waals surface area contributed by atoms with Gasteiger partial charge in [-0.1, -0.05) is 48.5 Å². The van der Waals surface area contributed by atoms with Crippen LogP contribution in [-0.2, 0) is 26.1 Å². The molecular formula is C25H26N4O6. The first-order valence-electron chi connectivity index (χ1n) is 11.0. The van der Waals surface area contributed by atoms with E-state index < -0.39 is 30.1 Å². The van der Waals surface area contributed by atoms with Gasteiger partial charge in [-0.15, -0.1) is 0 Å². The van der Waals surface area contributed by atoms with Gasteiger partial charge in [0.25, 0.3) is 0 Å². The van der Waals surface area contributed by atoms with Crippen LogP contribution in [0, 0.1) is 0 Å². The van der Waals surface area contributed by atoms with Crippen molar-refractivity contribution in [3.8, 4) is 11.1 Å². The van der Waals surface area contributed by atoms with Gasteiger partial charge in [-0.25, -0.2) is 9.59 Å². The number of methoxy groups -OCH3 is 1. The van der Waals surface area contributed by atoms with Crippen LogP contribution in [0.25, 0.3) is 11.1 Å². The average molecular weight is 479 g/mol. The average Bonchev–Trinajstić information content (AvgIpc) is 3.41. The van der Waals surface area contributed by atoms with Gasteiger partial charge in [-0.05, 0) is 28.3 Å². The van der Waals surface area contributed by atoms with Gasteiger partial charge >= 0.3 is 12.1 Å². The van der Waals surface area contributed by atoms with Gasteiger partial charge in [-0.2, -0.15) is 5.10 Å². The Labute approximate surface area is 201 Å². The predicted octanol–water partition coefficient (Wildman–Crippen LogP) is 2.22. The van der Waals surface area contributed by atoms with Crippen LogP contribution in [0.3, 0.4) is 0 Å². The van der Waals surface area contributed by atoms with E-state index in [4.69, 9.17) is 9.47 Å². The molecule has 10 heteroatoms. The lowest BCUT2D eigenvalue weighted by Gasteiger charge is -2.21. The topological polar surface area (TPSA) is 132 Å². The number of hydrogen-bond acceptors (Lipinski definition) is 6. The summed E-state index contributed by atoms with van der Waals surface area (Å²) in [6, 6.07) is 14.9. The quantitative estimate of drug-likeness (QED) is 0.430. The largest absolute Gasteiger partial charge is 0.479 e. The number of benzene rings is 2. The molecule has 0 saturated carbocycles. The molecule has 0 bridgehead atoms. The molecule has 0 spiro atoms. The van der Waals surface area contributed by atoms with Gasteiger partial charge in [0.2, 0.25) is 5.91 Å². The van der Waals surface area contributed by atoms with E-state index in [1.807, 2.05) is 48.5 Å². The second-order valence-electron chi connectivity index (χ2n) is 8.14. The van der Waals surface area contributed by atoms with Crippen molar-refractivity contribution in [3.63, 3.8) is 0 Å². The molecule has 1 aliphatic rings. The summed E-state index contributed by atoms with van der Waals surface area (Å²) in [7, 11) is 2.94. The number of carbonyl (C=O) groups is 3. The first-order chi connectivity index (χ1) is 16.9. The predicted molar refractivity (Wildman–Crippen MR) is 126 cm³/mol. The standard InChI is InChI=1S/C25H26N4O6/c1-29-21(11-12-26-29)22(24(31)32)28-23(30)20(14-34-2)27-25(33)35-13-19-17-9-5-3-7-15(17)16-8-4-6-10-18(16)19/h3-12,19-20,22H,13-14H2,1-2H3,(H,27,33)(H,28,30)(H,31,32)/t20-,22?/m0/s1. The molecule has 4 rings (SSSR count).